The molecule has 0 saturated heterocycles. The van der Waals surface area contributed by atoms with Crippen LogP contribution in [0.1, 0.15) is 21.8 Å². The van der Waals surface area contributed by atoms with Crippen molar-refractivity contribution in [1.82, 2.24) is 10.5 Å². The third-order valence-electron chi connectivity index (χ3n) is 2.45. The normalized spacial score (nSPS) is 10.3. The first kappa shape index (κ1) is 12.8. The van der Waals surface area contributed by atoms with Crippen LogP contribution in [0, 0.1) is 6.92 Å². The summed E-state index contributed by atoms with van der Waals surface area (Å²) in [4.78, 5) is 11.8. The maximum absolute atomic E-state index is 11.8. The topological polar surface area (TPSA) is 55.1 Å². The molecule has 1 amide bonds. The third-order valence-corrected chi connectivity index (χ3v) is 2.98. The van der Waals surface area contributed by atoms with E-state index in [1.54, 1.807) is 12.1 Å². The van der Waals surface area contributed by atoms with Gasteiger partial charge in [0.2, 0.25) is 0 Å². The van der Waals surface area contributed by atoms with Gasteiger partial charge in [0.05, 0.1) is 5.69 Å². The summed E-state index contributed by atoms with van der Waals surface area (Å²) in [5.41, 5.74) is 1.50. The monoisotopic (exact) mass is 308 g/mol. The van der Waals surface area contributed by atoms with E-state index in [9.17, 15) is 4.79 Å². The summed E-state index contributed by atoms with van der Waals surface area (Å²) < 4.78 is 5.91. The first-order chi connectivity index (χ1) is 8.65. The second-order valence-corrected chi connectivity index (χ2v) is 4.86. The van der Waals surface area contributed by atoms with Crippen molar-refractivity contribution in [3.63, 3.8) is 0 Å². The van der Waals surface area contributed by atoms with E-state index >= 15 is 0 Å². The molecular formula is C13H13BrN2O2. The van der Waals surface area contributed by atoms with Crippen LogP contribution < -0.4 is 5.32 Å². The quantitative estimate of drug-likeness (QED) is 0.945. The van der Waals surface area contributed by atoms with Crippen molar-refractivity contribution in [2.75, 3.05) is 6.54 Å². The smallest absolute Gasteiger partial charge is 0.251 e. The molecule has 5 heteroatoms. The summed E-state index contributed by atoms with van der Waals surface area (Å²) in [7, 11) is 0. The largest absolute Gasteiger partial charge is 0.361 e. The molecule has 0 unspecified atom stereocenters. The highest BCUT2D eigenvalue weighted by atomic mass is 79.9. The molecule has 1 aromatic carbocycles. The highest BCUT2D eigenvalue weighted by Crippen LogP contribution is 2.10. The molecule has 0 spiro atoms. The Morgan fingerprint density at radius 3 is 2.72 bits per heavy atom. The van der Waals surface area contributed by atoms with Gasteiger partial charge < -0.3 is 9.84 Å². The Labute approximate surface area is 113 Å². The van der Waals surface area contributed by atoms with Gasteiger partial charge in [-0.2, -0.15) is 0 Å². The van der Waals surface area contributed by atoms with Crippen LogP contribution in [0.25, 0.3) is 0 Å². The number of carbonyl (C=O) groups excluding carboxylic acids is 1. The number of aromatic nitrogens is 1. The molecule has 18 heavy (non-hydrogen) atoms. The molecule has 0 bridgehead atoms. The van der Waals surface area contributed by atoms with E-state index in [0.717, 1.165) is 15.9 Å². The molecule has 0 saturated carbocycles. The number of nitrogens with one attached hydrogen (secondary N) is 1. The maximum Gasteiger partial charge on any atom is 0.251 e. The predicted molar refractivity (Wildman–Crippen MR) is 71.4 cm³/mol. The minimum Gasteiger partial charge on any atom is -0.361 e. The average molecular weight is 309 g/mol. The van der Waals surface area contributed by atoms with Gasteiger partial charge in [0.15, 0.2) is 0 Å². The lowest BCUT2D eigenvalue weighted by Gasteiger charge is -2.03. The number of nitrogens with zero attached hydrogens (tertiary/aromatic N) is 1. The molecule has 2 rings (SSSR count). The number of amides is 1. The van der Waals surface area contributed by atoms with Crippen LogP contribution in [0.15, 0.2) is 39.3 Å². The third kappa shape index (κ3) is 3.43. The van der Waals surface area contributed by atoms with E-state index in [0.29, 0.717) is 18.5 Å². The van der Waals surface area contributed by atoms with Gasteiger partial charge in [-0.05, 0) is 31.2 Å². The van der Waals surface area contributed by atoms with Crippen molar-refractivity contribution < 1.29 is 9.32 Å². The molecule has 1 aromatic heterocycles. The van der Waals surface area contributed by atoms with Crippen LogP contribution in [-0.2, 0) is 6.42 Å². The molecule has 0 aliphatic rings. The van der Waals surface area contributed by atoms with Crippen molar-refractivity contribution in [1.29, 1.82) is 0 Å². The highest BCUT2D eigenvalue weighted by molar-refractivity contribution is 9.10. The van der Waals surface area contributed by atoms with Gasteiger partial charge in [-0.25, -0.2) is 0 Å². The number of carbonyl (C=O) groups is 1. The fraction of sp³-hybridized carbons (Fsp3) is 0.231. The number of halogens is 1. The molecule has 0 aliphatic carbocycles. The Morgan fingerprint density at radius 2 is 2.11 bits per heavy atom. The molecule has 1 N–H and O–H groups in total. The van der Waals surface area contributed by atoms with E-state index in [1.807, 2.05) is 25.1 Å². The number of hydrogen-bond acceptors (Lipinski definition) is 3. The zero-order chi connectivity index (χ0) is 13.0. The van der Waals surface area contributed by atoms with Gasteiger partial charge in [0.25, 0.3) is 5.91 Å². The van der Waals surface area contributed by atoms with Crippen LogP contribution in [0.3, 0.4) is 0 Å². The van der Waals surface area contributed by atoms with E-state index in [4.69, 9.17) is 4.52 Å². The van der Waals surface area contributed by atoms with Gasteiger partial charge in [-0.1, -0.05) is 21.1 Å². The van der Waals surface area contributed by atoms with Crippen molar-refractivity contribution >= 4 is 21.8 Å². The molecular weight excluding hydrogens is 296 g/mol. The molecule has 1 heterocycles. The summed E-state index contributed by atoms with van der Waals surface area (Å²) in [5, 5.41) is 6.70. The van der Waals surface area contributed by atoms with Crippen molar-refractivity contribution in [3.05, 3.63) is 51.8 Å². The number of benzene rings is 1. The van der Waals surface area contributed by atoms with Crippen molar-refractivity contribution in [3.8, 4) is 0 Å². The molecule has 4 nitrogen and oxygen atoms in total. The van der Waals surface area contributed by atoms with Gasteiger partial charge in [-0.15, -0.1) is 0 Å². The highest BCUT2D eigenvalue weighted by Gasteiger charge is 2.05. The summed E-state index contributed by atoms with van der Waals surface area (Å²) in [5.74, 6) is 0.701. The number of hydrogen-bond donors (Lipinski definition) is 1. The Morgan fingerprint density at radius 1 is 1.39 bits per heavy atom. The first-order valence-electron chi connectivity index (χ1n) is 5.61. The summed E-state index contributed by atoms with van der Waals surface area (Å²) in [6.07, 6.45) is 0.666. The van der Waals surface area contributed by atoms with Crippen LogP contribution in [0.5, 0.6) is 0 Å². The van der Waals surface area contributed by atoms with Crippen LogP contribution in [0.2, 0.25) is 0 Å². The lowest BCUT2D eigenvalue weighted by molar-refractivity contribution is 0.0954. The van der Waals surface area contributed by atoms with Crippen LogP contribution in [0.4, 0.5) is 0 Å². The Balaban J connectivity index is 1.83. The number of rotatable bonds is 4. The van der Waals surface area contributed by atoms with Gasteiger partial charge in [-0.3, -0.25) is 4.79 Å². The molecule has 2 aromatic rings. The zero-order valence-corrected chi connectivity index (χ0v) is 11.5. The fourth-order valence-electron chi connectivity index (χ4n) is 1.54. The molecule has 0 fully saturated rings. The standard InChI is InChI=1S/C13H13BrN2O2/c1-9-8-12(16-18-9)6-7-15-13(17)10-2-4-11(14)5-3-10/h2-5,8H,6-7H2,1H3,(H,15,17). The van der Waals surface area contributed by atoms with E-state index in [1.165, 1.54) is 0 Å². The minimum absolute atomic E-state index is 0.0808. The Bertz CT molecular complexity index is 534. The average Bonchev–Trinajstić information content (AvgIpc) is 2.76. The molecule has 0 radical (unpaired) electrons. The summed E-state index contributed by atoms with van der Waals surface area (Å²) in [6.45, 7) is 2.39. The van der Waals surface area contributed by atoms with Crippen molar-refractivity contribution in [2.45, 2.75) is 13.3 Å². The number of aryl methyl sites for hydroxylation is 1. The van der Waals surface area contributed by atoms with Gasteiger partial charge >= 0.3 is 0 Å². The van der Waals surface area contributed by atoms with Gasteiger partial charge in [0.1, 0.15) is 5.76 Å². The SMILES string of the molecule is Cc1cc(CCNC(=O)c2ccc(Br)cc2)no1. The minimum atomic E-state index is -0.0808. The second-order valence-electron chi connectivity index (χ2n) is 3.94. The maximum atomic E-state index is 11.8. The lowest BCUT2D eigenvalue weighted by atomic mass is 10.2. The first-order valence-corrected chi connectivity index (χ1v) is 6.40. The summed E-state index contributed by atoms with van der Waals surface area (Å²) >= 11 is 3.33. The van der Waals surface area contributed by atoms with Crippen molar-refractivity contribution in [2.24, 2.45) is 0 Å². The van der Waals surface area contributed by atoms with Crippen LogP contribution >= 0.6 is 15.9 Å². The van der Waals surface area contributed by atoms with E-state index in [2.05, 4.69) is 26.4 Å². The second kappa shape index (κ2) is 5.82. The van der Waals surface area contributed by atoms with E-state index < -0.39 is 0 Å². The Kier molecular flexibility index (Phi) is 4.15. The Hall–Kier alpha value is -1.62. The fourth-order valence-corrected chi connectivity index (χ4v) is 1.81. The molecule has 0 aliphatic heterocycles. The van der Waals surface area contributed by atoms with Gasteiger partial charge in [0, 0.05) is 29.1 Å². The van der Waals surface area contributed by atoms with Crippen LogP contribution in [-0.4, -0.2) is 17.6 Å². The lowest BCUT2D eigenvalue weighted by Crippen LogP contribution is -2.25. The zero-order valence-electron chi connectivity index (χ0n) is 9.94. The molecule has 94 valence electrons. The summed E-state index contributed by atoms with van der Waals surface area (Å²) in [6, 6.07) is 9.11. The predicted octanol–water partition coefficient (Wildman–Crippen LogP) is 2.72. The van der Waals surface area contributed by atoms with E-state index in [-0.39, 0.29) is 5.91 Å². The molecule has 0 atom stereocenters.